The van der Waals surface area contributed by atoms with Gasteiger partial charge in [-0.15, -0.1) is 0 Å². The van der Waals surface area contributed by atoms with E-state index in [4.69, 9.17) is 14.2 Å². The Morgan fingerprint density at radius 2 is 0.673 bits per heavy atom. The lowest BCUT2D eigenvalue weighted by Gasteiger charge is -2.18. The molecule has 308 valence electrons. The van der Waals surface area contributed by atoms with E-state index in [1.165, 1.54) is 141 Å². The monoisotopic (exact) mass is 737 g/mol. The molecule has 0 N–H and O–H groups in total. The number of esters is 3. The fourth-order valence-corrected chi connectivity index (χ4v) is 6.77. The summed E-state index contributed by atoms with van der Waals surface area (Å²) in [7, 11) is 0. The fraction of sp³-hybridized carbons (Fsp3) is 0.935. The van der Waals surface area contributed by atoms with E-state index in [1.807, 2.05) is 0 Å². The minimum atomic E-state index is -0.757. The van der Waals surface area contributed by atoms with Gasteiger partial charge in [-0.1, -0.05) is 214 Å². The van der Waals surface area contributed by atoms with Crippen molar-refractivity contribution in [3.05, 3.63) is 0 Å². The fourth-order valence-electron chi connectivity index (χ4n) is 6.77. The molecule has 0 radical (unpaired) electrons. The van der Waals surface area contributed by atoms with Gasteiger partial charge in [0.1, 0.15) is 13.2 Å². The average molecular weight is 737 g/mol. The van der Waals surface area contributed by atoms with Crippen LogP contribution in [0.15, 0.2) is 0 Å². The van der Waals surface area contributed by atoms with Crippen molar-refractivity contribution in [1.29, 1.82) is 0 Å². The maximum atomic E-state index is 12.5. The molecule has 0 aliphatic heterocycles. The van der Waals surface area contributed by atoms with Crippen LogP contribution >= 0.6 is 0 Å². The van der Waals surface area contributed by atoms with Crippen LogP contribution in [0.1, 0.15) is 252 Å². The van der Waals surface area contributed by atoms with Gasteiger partial charge in [0.15, 0.2) is 6.10 Å². The van der Waals surface area contributed by atoms with Crippen LogP contribution in [0.5, 0.6) is 0 Å². The van der Waals surface area contributed by atoms with Crippen LogP contribution in [-0.4, -0.2) is 37.2 Å². The maximum absolute atomic E-state index is 12.5. The van der Waals surface area contributed by atoms with Gasteiger partial charge in [-0.25, -0.2) is 0 Å². The highest BCUT2D eigenvalue weighted by Gasteiger charge is 2.19. The van der Waals surface area contributed by atoms with Gasteiger partial charge in [0, 0.05) is 19.3 Å². The standard InChI is InChI=1S/C46H88O6/c1-5-8-10-12-13-14-15-16-17-18-19-20-21-22-26-30-33-37-44(47)50-40-43(52-46(49)39-35-28-11-9-6-2)41-51-45(48)38-34-31-27-24-23-25-29-32-36-42(4)7-3/h42-43H,5-41H2,1-4H3/t42?,43-/m1/s1. The summed E-state index contributed by atoms with van der Waals surface area (Å²) < 4.78 is 16.6. The van der Waals surface area contributed by atoms with Crippen molar-refractivity contribution in [2.45, 2.75) is 259 Å². The molecule has 0 amide bonds. The zero-order valence-corrected chi connectivity index (χ0v) is 35.3. The minimum Gasteiger partial charge on any atom is -0.462 e. The lowest BCUT2D eigenvalue weighted by Crippen LogP contribution is -2.30. The Labute approximate surface area is 323 Å². The van der Waals surface area contributed by atoms with Crippen LogP contribution in [0.2, 0.25) is 0 Å². The quantitative estimate of drug-likeness (QED) is 0.0353. The molecular weight excluding hydrogens is 649 g/mol. The molecule has 2 atom stereocenters. The topological polar surface area (TPSA) is 78.9 Å². The Morgan fingerprint density at radius 3 is 1.00 bits per heavy atom. The molecule has 0 aliphatic carbocycles. The Morgan fingerprint density at radius 1 is 0.385 bits per heavy atom. The number of ether oxygens (including phenoxy) is 3. The molecule has 0 aliphatic rings. The lowest BCUT2D eigenvalue weighted by molar-refractivity contribution is -0.167. The molecule has 0 saturated heterocycles. The van der Waals surface area contributed by atoms with Crippen molar-refractivity contribution >= 4 is 17.9 Å². The Hall–Kier alpha value is -1.59. The normalized spacial score (nSPS) is 12.5. The van der Waals surface area contributed by atoms with E-state index in [1.54, 1.807) is 0 Å². The van der Waals surface area contributed by atoms with Crippen LogP contribution in [0.4, 0.5) is 0 Å². The van der Waals surface area contributed by atoms with Crippen molar-refractivity contribution in [3.63, 3.8) is 0 Å². The van der Waals surface area contributed by atoms with E-state index in [0.29, 0.717) is 19.3 Å². The van der Waals surface area contributed by atoms with Crippen molar-refractivity contribution in [2.75, 3.05) is 13.2 Å². The second-order valence-electron chi connectivity index (χ2n) is 15.9. The van der Waals surface area contributed by atoms with Crippen LogP contribution in [0.3, 0.4) is 0 Å². The zero-order valence-electron chi connectivity index (χ0n) is 35.3. The van der Waals surface area contributed by atoms with Crippen LogP contribution < -0.4 is 0 Å². The SMILES string of the molecule is CCCCCCCCCCCCCCCCCCCC(=O)OC[C@H](COC(=O)CCCCCCCCCCC(C)CC)OC(=O)CCCCCCC. The Balaban J connectivity index is 4.11. The number of carbonyl (C=O) groups is 3. The first kappa shape index (κ1) is 50.4. The first-order valence-electron chi connectivity index (χ1n) is 22.9. The predicted octanol–water partition coefficient (Wildman–Crippen LogP) is 14.3. The molecule has 0 rings (SSSR count). The van der Waals surface area contributed by atoms with Gasteiger partial charge < -0.3 is 14.2 Å². The Kier molecular flexibility index (Phi) is 39.4. The summed E-state index contributed by atoms with van der Waals surface area (Å²) in [6.07, 6.45) is 39.7. The summed E-state index contributed by atoms with van der Waals surface area (Å²) in [5.74, 6) is -0.0220. The molecule has 6 nitrogen and oxygen atoms in total. The second kappa shape index (κ2) is 40.6. The largest absolute Gasteiger partial charge is 0.462 e. The van der Waals surface area contributed by atoms with Gasteiger partial charge >= 0.3 is 17.9 Å². The summed E-state index contributed by atoms with van der Waals surface area (Å²) in [4.78, 5) is 37.4. The number of carbonyl (C=O) groups excluding carboxylic acids is 3. The molecular formula is C46H88O6. The van der Waals surface area contributed by atoms with E-state index >= 15 is 0 Å². The van der Waals surface area contributed by atoms with Crippen molar-refractivity contribution in [3.8, 4) is 0 Å². The molecule has 52 heavy (non-hydrogen) atoms. The molecule has 0 heterocycles. The summed E-state index contributed by atoms with van der Waals surface area (Å²) in [6.45, 7) is 8.92. The van der Waals surface area contributed by atoms with Gasteiger partial charge in [-0.2, -0.15) is 0 Å². The van der Waals surface area contributed by atoms with Gasteiger partial charge in [0.25, 0.3) is 0 Å². The van der Waals surface area contributed by atoms with Crippen molar-refractivity contribution < 1.29 is 28.6 Å². The van der Waals surface area contributed by atoms with E-state index in [0.717, 1.165) is 70.1 Å². The van der Waals surface area contributed by atoms with E-state index in [9.17, 15) is 14.4 Å². The van der Waals surface area contributed by atoms with Gasteiger partial charge in [-0.05, 0) is 25.2 Å². The van der Waals surface area contributed by atoms with Gasteiger partial charge in [0.05, 0.1) is 0 Å². The molecule has 6 heteroatoms. The second-order valence-corrected chi connectivity index (χ2v) is 15.9. The molecule has 0 aromatic rings. The molecule has 0 saturated carbocycles. The molecule has 1 unspecified atom stereocenters. The third-order valence-corrected chi connectivity index (χ3v) is 10.7. The van der Waals surface area contributed by atoms with Crippen LogP contribution in [0, 0.1) is 5.92 Å². The first-order chi connectivity index (χ1) is 25.4. The summed E-state index contributed by atoms with van der Waals surface area (Å²) >= 11 is 0. The van der Waals surface area contributed by atoms with Crippen LogP contribution in [-0.2, 0) is 28.6 Å². The predicted molar refractivity (Wildman–Crippen MR) is 220 cm³/mol. The number of hydrogen-bond donors (Lipinski definition) is 0. The van der Waals surface area contributed by atoms with Crippen LogP contribution in [0.25, 0.3) is 0 Å². The summed E-state index contributed by atoms with van der Waals surface area (Å²) in [5.41, 5.74) is 0. The molecule has 0 fully saturated rings. The number of hydrogen-bond acceptors (Lipinski definition) is 6. The smallest absolute Gasteiger partial charge is 0.306 e. The third kappa shape index (κ3) is 38.1. The summed E-state index contributed by atoms with van der Waals surface area (Å²) in [6, 6.07) is 0. The molecule has 0 aromatic carbocycles. The van der Waals surface area contributed by atoms with Gasteiger partial charge in [0.2, 0.25) is 0 Å². The van der Waals surface area contributed by atoms with E-state index in [2.05, 4.69) is 27.7 Å². The van der Waals surface area contributed by atoms with Crippen molar-refractivity contribution in [2.24, 2.45) is 5.92 Å². The third-order valence-electron chi connectivity index (χ3n) is 10.7. The molecule has 0 aromatic heterocycles. The minimum absolute atomic E-state index is 0.0655. The van der Waals surface area contributed by atoms with E-state index < -0.39 is 6.10 Å². The Bertz CT molecular complexity index is 783. The molecule has 0 bridgehead atoms. The maximum Gasteiger partial charge on any atom is 0.306 e. The highest BCUT2D eigenvalue weighted by molar-refractivity contribution is 5.71. The zero-order chi connectivity index (χ0) is 38.2. The average Bonchev–Trinajstić information content (AvgIpc) is 3.14. The van der Waals surface area contributed by atoms with Gasteiger partial charge in [-0.3, -0.25) is 14.4 Å². The highest BCUT2D eigenvalue weighted by atomic mass is 16.6. The lowest BCUT2D eigenvalue weighted by atomic mass is 9.99. The van der Waals surface area contributed by atoms with Crippen molar-refractivity contribution in [1.82, 2.24) is 0 Å². The number of rotatable bonds is 41. The summed E-state index contributed by atoms with van der Waals surface area (Å²) in [5, 5.41) is 0. The molecule has 0 spiro atoms. The van der Waals surface area contributed by atoms with E-state index in [-0.39, 0.29) is 31.1 Å². The number of unbranched alkanes of at least 4 members (excludes halogenated alkanes) is 27. The highest BCUT2D eigenvalue weighted by Crippen LogP contribution is 2.17. The first-order valence-corrected chi connectivity index (χ1v) is 22.9.